The summed E-state index contributed by atoms with van der Waals surface area (Å²) in [6.45, 7) is 32.5. The first-order chi connectivity index (χ1) is 27.0. The summed E-state index contributed by atoms with van der Waals surface area (Å²) in [7, 11) is -15.4. The second-order valence-corrected chi connectivity index (χ2v) is 47.1. The number of rotatable bonds is 37. The first kappa shape index (κ1) is 59.2. The van der Waals surface area contributed by atoms with Crippen LogP contribution in [0.1, 0.15) is 116 Å². The summed E-state index contributed by atoms with van der Waals surface area (Å²) < 4.78 is 59.5. The molecule has 0 fully saturated rings. The Labute approximate surface area is 368 Å². The smallest absolute Gasteiger partial charge is 0.463 e. The summed E-state index contributed by atoms with van der Waals surface area (Å²) in [4.78, 5) is 35.2. The Morgan fingerprint density at radius 3 is 1.15 bits per heavy atom. The van der Waals surface area contributed by atoms with E-state index in [-0.39, 0.29) is 32.7 Å². The van der Waals surface area contributed by atoms with Gasteiger partial charge in [-0.05, 0) is 123 Å². The maximum atomic E-state index is 12.5. The van der Waals surface area contributed by atoms with Gasteiger partial charge in [0.2, 0.25) is 0 Å². The van der Waals surface area contributed by atoms with Gasteiger partial charge in [0.1, 0.15) is 19.3 Å². The Hall–Kier alpha value is 0.191. The molecule has 0 heterocycles. The van der Waals surface area contributed by atoms with E-state index in [1.54, 1.807) is 0 Å². The van der Waals surface area contributed by atoms with Crippen molar-refractivity contribution in [3.63, 3.8) is 0 Å². The summed E-state index contributed by atoms with van der Waals surface area (Å²) in [6, 6.07) is 2.27. The predicted octanol–water partition coefficient (Wildman–Crippen LogP) is 12.8. The summed E-state index contributed by atoms with van der Waals surface area (Å²) in [5.41, 5.74) is 0. The van der Waals surface area contributed by atoms with E-state index >= 15 is 0 Å². The maximum Gasteiger partial charge on any atom is 0.472 e. The molecule has 1 unspecified atom stereocenters. The molecule has 0 aliphatic carbocycles. The van der Waals surface area contributed by atoms with Crippen molar-refractivity contribution in [3.05, 3.63) is 0 Å². The van der Waals surface area contributed by atoms with Crippen molar-refractivity contribution in [1.82, 2.24) is 0 Å². The van der Waals surface area contributed by atoms with Crippen molar-refractivity contribution >= 4 is 70.2 Å². The number of phosphoric acid groups is 1. The van der Waals surface area contributed by atoms with Gasteiger partial charge in [-0.1, -0.05) is 84.0 Å². The van der Waals surface area contributed by atoms with Crippen molar-refractivity contribution < 1.29 is 54.0 Å². The Kier molecular flexibility index (Phi) is 29.0. The van der Waals surface area contributed by atoms with Gasteiger partial charge < -0.3 is 30.8 Å². The molecule has 0 rings (SSSR count). The highest BCUT2D eigenvalue weighted by Gasteiger charge is 2.39. The number of carbonyl (C=O) groups is 2. The van der Waals surface area contributed by atoms with E-state index in [4.69, 9.17) is 35.0 Å². The first-order valence-corrected chi connectivity index (χ1v) is 42.9. The van der Waals surface area contributed by atoms with Gasteiger partial charge in [0.05, 0.1) is 6.61 Å². The molecule has 0 aromatic heterocycles. The minimum Gasteiger partial charge on any atom is -0.463 e. The lowest BCUT2D eigenvalue weighted by Gasteiger charge is -2.37. The van der Waals surface area contributed by atoms with E-state index in [2.05, 4.69) is 91.7 Å². The molecule has 0 saturated carbocycles. The highest BCUT2D eigenvalue weighted by atomic mass is 31.2. The number of ether oxygens (including phenoxy) is 2. The van der Waals surface area contributed by atoms with Crippen molar-refractivity contribution in [2.24, 2.45) is 0 Å². The Bertz CT molecular complexity index is 1140. The van der Waals surface area contributed by atoms with E-state index in [1.807, 2.05) is 6.92 Å². The molecule has 0 aromatic carbocycles. The topological polar surface area (TPSA) is 145 Å². The molecule has 0 spiro atoms. The molecule has 0 aliphatic heterocycles. The maximum absolute atomic E-state index is 12.5. The number of phosphoric ester groups is 1. The number of hydrogen-bond acceptors (Lipinski definition) is 11. The summed E-state index contributed by atoms with van der Waals surface area (Å²) >= 11 is 0. The zero-order chi connectivity index (χ0) is 45.4. The summed E-state index contributed by atoms with van der Waals surface area (Å²) in [6.07, 6.45) is 14.5. The molecule has 59 heavy (non-hydrogen) atoms. The number of esters is 2. The van der Waals surface area contributed by atoms with Crippen molar-refractivity contribution in [3.8, 4) is 0 Å². The van der Waals surface area contributed by atoms with Crippen LogP contribution in [0.3, 0.4) is 0 Å². The van der Waals surface area contributed by atoms with Gasteiger partial charge in [-0.25, -0.2) is 4.57 Å². The fourth-order valence-corrected chi connectivity index (χ4v) is 34.9. The van der Waals surface area contributed by atoms with Crippen molar-refractivity contribution in [2.45, 2.75) is 226 Å². The number of unbranched alkanes of at least 4 members (excludes halogenated alkanes) is 12. The van der Waals surface area contributed by atoms with Gasteiger partial charge in [-0.15, -0.1) is 0 Å². The molecule has 1 atom stereocenters. The molecule has 352 valence electrons. The van der Waals surface area contributed by atoms with Crippen LogP contribution in [0.5, 0.6) is 0 Å². The molecule has 0 radical (unpaired) electrons. The number of carbonyl (C=O) groups excluding carboxylic acids is 2. The lowest BCUT2D eigenvalue weighted by atomic mass is 10.1. The van der Waals surface area contributed by atoms with E-state index in [1.165, 1.54) is 25.7 Å². The zero-order valence-electron chi connectivity index (χ0n) is 40.5. The van der Waals surface area contributed by atoms with Crippen LogP contribution in [0.4, 0.5) is 0 Å². The molecule has 12 nitrogen and oxygen atoms in total. The Morgan fingerprint density at radius 2 is 0.831 bits per heavy atom. The summed E-state index contributed by atoms with van der Waals surface area (Å²) in [5.74, 6) is -0.832. The average molecular weight is 964 g/mol. The van der Waals surface area contributed by atoms with Gasteiger partial charge in [-0.2, -0.15) is 0 Å². The fraction of sp³-hybridized carbons (Fsp3) is 0.950. The van der Waals surface area contributed by atoms with E-state index in [0.29, 0.717) is 19.3 Å². The fourth-order valence-electron chi connectivity index (χ4n) is 7.41. The minimum atomic E-state index is -4.42. The van der Waals surface area contributed by atoms with Crippen LogP contribution in [0.25, 0.3) is 0 Å². The normalized spacial score (nSPS) is 14.5. The minimum absolute atomic E-state index is 0.0321. The SMILES string of the molecule is CCCOP(=O)(O)OC(COC(=O)CCCCCCCCC[Si](C)(C)O[Si](C)(C)O[Si](C)(C)C)COC(=O)CCCCCCCCC[Si](C)(C)O[Si](C)(C)O[Si](C)(C)C. The van der Waals surface area contributed by atoms with E-state index in [0.717, 1.165) is 63.5 Å². The third-order valence-corrected chi connectivity index (χ3v) is 30.4. The van der Waals surface area contributed by atoms with Crippen LogP contribution < -0.4 is 0 Å². The van der Waals surface area contributed by atoms with Gasteiger partial charge in [-0.3, -0.25) is 18.6 Å². The molecule has 0 aliphatic rings. The second kappa shape index (κ2) is 28.9. The Morgan fingerprint density at radius 1 is 0.508 bits per heavy atom. The van der Waals surface area contributed by atoms with Crippen LogP contribution in [0.2, 0.25) is 104 Å². The standard InChI is InChI=1S/C40H91O12PSi6/c1-16-33-47-53(43,44)48-38(36-45-39(41)31-27-23-19-17-21-25-29-34-56(8,9)51-58(12,13)49-54(2,3)4)37-46-40(42)32-28-24-20-18-22-26-30-35-57(10,11)52-59(14,15)50-55(5,6)7/h38H,16-37H2,1-15H3,(H,43,44). The van der Waals surface area contributed by atoms with Crippen LogP contribution in [0.15, 0.2) is 0 Å². The molecule has 0 bridgehead atoms. The number of hydrogen-bond donors (Lipinski definition) is 1. The average Bonchev–Trinajstić information content (AvgIpc) is 3.03. The van der Waals surface area contributed by atoms with Crippen LogP contribution in [-0.2, 0) is 49.1 Å². The third-order valence-electron chi connectivity index (χ3n) is 9.07. The largest absolute Gasteiger partial charge is 0.472 e. The van der Waals surface area contributed by atoms with Gasteiger partial charge in [0.15, 0.2) is 33.3 Å². The van der Waals surface area contributed by atoms with Gasteiger partial charge >= 0.3 is 36.9 Å². The van der Waals surface area contributed by atoms with Gasteiger partial charge in [0.25, 0.3) is 0 Å². The van der Waals surface area contributed by atoms with Gasteiger partial charge in [0, 0.05) is 12.8 Å². The Balaban J connectivity index is 4.41. The molecule has 0 aromatic rings. The van der Waals surface area contributed by atoms with E-state index in [9.17, 15) is 19.0 Å². The lowest BCUT2D eigenvalue weighted by molar-refractivity contribution is -0.152. The van der Waals surface area contributed by atoms with Crippen molar-refractivity contribution in [2.75, 3.05) is 19.8 Å². The highest BCUT2D eigenvalue weighted by Crippen LogP contribution is 2.44. The first-order valence-electron chi connectivity index (χ1n) is 22.7. The quantitative estimate of drug-likeness (QED) is 0.0274. The van der Waals surface area contributed by atoms with E-state index < -0.39 is 76.3 Å². The van der Waals surface area contributed by atoms with Crippen LogP contribution >= 0.6 is 7.82 Å². The predicted molar refractivity (Wildman–Crippen MR) is 257 cm³/mol. The highest BCUT2D eigenvalue weighted by molar-refractivity contribution is 7.47. The van der Waals surface area contributed by atoms with Crippen LogP contribution in [-0.4, -0.2) is 93.1 Å². The van der Waals surface area contributed by atoms with Crippen LogP contribution in [0, 0.1) is 0 Å². The third kappa shape index (κ3) is 37.3. The molecule has 0 saturated heterocycles. The lowest BCUT2D eigenvalue weighted by Crippen LogP contribution is -2.51. The molecule has 0 amide bonds. The second-order valence-electron chi connectivity index (χ2n) is 20.3. The molecular formula is C40H91O12PSi6. The van der Waals surface area contributed by atoms with Crippen molar-refractivity contribution in [1.29, 1.82) is 0 Å². The summed E-state index contributed by atoms with van der Waals surface area (Å²) in [5, 5.41) is 0. The monoisotopic (exact) mass is 962 g/mol. The molecule has 19 heteroatoms. The zero-order valence-corrected chi connectivity index (χ0v) is 47.4. The molecular weight excluding hydrogens is 872 g/mol. The molecule has 1 N–H and O–H groups in total.